The minimum Gasteiger partial charge on any atom is -0.382 e. The first-order valence-electron chi connectivity index (χ1n) is 6.96. The molecule has 5 heteroatoms. The van der Waals surface area contributed by atoms with Gasteiger partial charge in [0.05, 0.1) is 25.7 Å². The highest BCUT2D eigenvalue weighted by molar-refractivity contribution is 6.02. The molecule has 0 aliphatic heterocycles. The number of carbonyl (C=O) groups is 1. The van der Waals surface area contributed by atoms with Crippen LogP contribution < -0.4 is 5.32 Å². The van der Waals surface area contributed by atoms with Crippen LogP contribution in [0.1, 0.15) is 33.6 Å². The van der Waals surface area contributed by atoms with Gasteiger partial charge in [0.2, 0.25) is 5.91 Å². The fraction of sp³-hybridized carbons (Fsp3) is 0.857. The van der Waals surface area contributed by atoms with Crippen molar-refractivity contribution in [3.63, 3.8) is 0 Å². The zero-order valence-electron chi connectivity index (χ0n) is 12.6. The molecule has 0 aromatic rings. The molecule has 2 N–H and O–H groups in total. The average Bonchev–Trinajstić information content (AvgIpc) is 2.33. The first kappa shape index (κ1) is 18.1. The Labute approximate surface area is 116 Å². The third-order valence-electron chi connectivity index (χ3n) is 2.82. The highest BCUT2D eigenvalue weighted by atomic mass is 16.5. The minimum absolute atomic E-state index is 0.0659. The van der Waals surface area contributed by atoms with Gasteiger partial charge in [-0.25, -0.2) is 0 Å². The highest BCUT2D eigenvalue weighted by Gasteiger charge is 2.25. The van der Waals surface area contributed by atoms with Gasteiger partial charge in [0.1, 0.15) is 0 Å². The van der Waals surface area contributed by atoms with E-state index in [0.717, 1.165) is 6.42 Å². The summed E-state index contributed by atoms with van der Waals surface area (Å²) in [5, 5.41) is 10.8. The monoisotopic (exact) mass is 272 g/mol. The molecule has 0 saturated carbocycles. The van der Waals surface area contributed by atoms with Crippen LogP contribution in [0.5, 0.6) is 0 Å². The Hall–Kier alpha value is -0.940. The second-order valence-electron chi connectivity index (χ2n) is 4.89. The van der Waals surface area contributed by atoms with E-state index in [4.69, 9.17) is 14.9 Å². The van der Waals surface area contributed by atoms with Crippen LogP contribution in [0.3, 0.4) is 0 Å². The molecule has 0 aromatic carbocycles. The Morgan fingerprint density at radius 1 is 1.26 bits per heavy atom. The van der Waals surface area contributed by atoms with Crippen LogP contribution in [0.15, 0.2) is 0 Å². The Kier molecular flexibility index (Phi) is 10.4. The standard InChI is InChI=1S/C14H28N2O3/c1-5-6-12(15)13(11(2)3)14(17)16-7-8-19-10-9-18-4/h11,13,15H,5-10H2,1-4H3,(H,16,17). The summed E-state index contributed by atoms with van der Waals surface area (Å²) in [6.45, 7) is 8.02. The lowest BCUT2D eigenvalue weighted by molar-refractivity contribution is -0.124. The summed E-state index contributed by atoms with van der Waals surface area (Å²) in [6.07, 6.45) is 1.58. The van der Waals surface area contributed by atoms with Gasteiger partial charge >= 0.3 is 0 Å². The van der Waals surface area contributed by atoms with Gasteiger partial charge in [0, 0.05) is 19.4 Å². The minimum atomic E-state index is -0.320. The summed E-state index contributed by atoms with van der Waals surface area (Å²) < 4.78 is 10.1. The Bertz CT molecular complexity index is 267. The van der Waals surface area contributed by atoms with Gasteiger partial charge in [-0.05, 0) is 12.3 Å². The molecule has 112 valence electrons. The van der Waals surface area contributed by atoms with Crippen molar-refractivity contribution in [2.24, 2.45) is 11.8 Å². The second-order valence-corrected chi connectivity index (χ2v) is 4.89. The fourth-order valence-electron chi connectivity index (χ4n) is 1.89. The molecule has 0 saturated heterocycles. The molecule has 0 rings (SSSR count). The maximum absolute atomic E-state index is 12.1. The van der Waals surface area contributed by atoms with E-state index in [1.807, 2.05) is 20.8 Å². The van der Waals surface area contributed by atoms with Crippen molar-refractivity contribution in [3.05, 3.63) is 0 Å². The van der Waals surface area contributed by atoms with Crippen LogP contribution in [0.25, 0.3) is 0 Å². The Morgan fingerprint density at radius 3 is 2.47 bits per heavy atom. The molecule has 0 bridgehead atoms. The van der Waals surface area contributed by atoms with Gasteiger partial charge in [-0.1, -0.05) is 27.2 Å². The Morgan fingerprint density at radius 2 is 1.95 bits per heavy atom. The van der Waals surface area contributed by atoms with Crippen molar-refractivity contribution in [2.45, 2.75) is 33.6 Å². The maximum atomic E-state index is 12.1. The predicted molar refractivity (Wildman–Crippen MR) is 76.7 cm³/mol. The summed E-state index contributed by atoms with van der Waals surface area (Å²) in [5.41, 5.74) is 0.523. The van der Waals surface area contributed by atoms with E-state index in [0.29, 0.717) is 38.5 Å². The lowest BCUT2D eigenvalue weighted by Crippen LogP contribution is -2.39. The average molecular weight is 272 g/mol. The number of carbonyl (C=O) groups excluding carboxylic acids is 1. The number of rotatable bonds is 11. The number of hydrogen-bond acceptors (Lipinski definition) is 4. The van der Waals surface area contributed by atoms with Crippen LogP contribution in [0.4, 0.5) is 0 Å². The molecular weight excluding hydrogens is 244 g/mol. The summed E-state index contributed by atoms with van der Waals surface area (Å²) in [7, 11) is 1.62. The normalized spacial score (nSPS) is 12.5. The van der Waals surface area contributed by atoms with Gasteiger partial charge in [0.15, 0.2) is 0 Å². The van der Waals surface area contributed by atoms with E-state index in [1.54, 1.807) is 7.11 Å². The molecule has 0 aromatic heterocycles. The largest absolute Gasteiger partial charge is 0.382 e. The maximum Gasteiger partial charge on any atom is 0.229 e. The molecule has 0 spiro atoms. The quantitative estimate of drug-likeness (QED) is 0.445. The smallest absolute Gasteiger partial charge is 0.229 e. The molecule has 5 nitrogen and oxygen atoms in total. The molecule has 1 atom stereocenters. The van der Waals surface area contributed by atoms with Crippen molar-refractivity contribution in [1.29, 1.82) is 5.41 Å². The molecule has 0 radical (unpaired) electrons. The molecule has 19 heavy (non-hydrogen) atoms. The SMILES string of the molecule is CCCC(=N)C(C(=O)NCCOCCOC)C(C)C. The fourth-order valence-corrected chi connectivity index (χ4v) is 1.89. The lowest BCUT2D eigenvalue weighted by atomic mass is 9.88. The first-order chi connectivity index (χ1) is 9.04. The van der Waals surface area contributed by atoms with Crippen LogP contribution in [0, 0.1) is 17.2 Å². The van der Waals surface area contributed by atoms with Crippen LogP contribution >= 0.6 is 0 Å². The molecule has 0 aliphatic rings. The van der Waals surface area contributed by atoms with E-state index < -0.39 is 0 Å². The van der Waals surface area contributed by atoms with E-state index in [-0.39, 0.29) is 17.7 Å². The third kappa shape index (κ3) is 7.95. The lowest BCUT2D eigenvalue weighted by Gasteiger charge is -2.21. The molecule has 0 heterocycles. The zero-order chi connectivity index (χ0) is 14.7. The van der Waals surface area contributed by atoms with E-state index in [2.05, 4.69) is 5.32 Å². The van der Waals surface area contributed by atoms with E-state index in [9.17, 15) is 4.79 Å². The van der Waals surface area contributed by atoms with Crippen molar-refractivity contribution >= 4 is 11.6 Å². The number of nitrogens with one attached hydrogen (secondary N) is 2. The van der Waals surface area contributed by atoms with Crippen molar-refractivity contribution in [1.82, 2.24) is 5.32 Å². The van der Waals surface area contributed by atoms with Gasteiger partial charge in [-0.15, -0.1) is 0 Å². The van der Waals surface area contributed by atoms with Gasteiger partial charge in [0.25, 0.3) is 0 Å². The molecule has 1 amide bonds. The van der Waals surface area contributed by atoms with E-state index >= 15 is 0 Å². The summed E-state index contributed by atoms with van der Waals surface area (Å²) in [6, 6.07) is 0. The summed E-state index contributed by atoms with van der Waals surface area (Å²) in [4.78, 5) is 12.1. The molecule has 0 aliphatic carbocycles. The number of hydrogen-bond donors (Lipinski definition) is 2. The molecular formula is C14H28N2O3. The topological polar surface area (TPSA) is 71.4 Å². The molecule has 1 unspecified atom stereocenters. The number of methoxy groups -OCH3 is 1. The van der Waals surface area contributed by atoms with Gasteiger partial charge in [-0.3, -0.25) is 4.79 Å². The van der Waals surface area contributed by atoms with Crippen LogP contribution in [-0.4, -0.2) is 45.1 Å². The van der Waals surface area contributed by atoms with Crippen LogP contribution in [0.2, 0.25) is 0 Å². The van der Waals surface area contributed by atoms with Crippen molar-refractivity contribution in [3.8, 4) is 0 Å². The summed E-state index contributed by atoms with van der Waals surface area (Å²) >= 11 is 0. The molecule has 0 fully saturated rings. The summed E-state index contributed by atoms with van der Waals surface area (Å²) in [5.74, 6) is -0.240. The van der Waals surface area contributed by atoms with E-state index in [1.165, 1.54) is 0 Å². The first-order valence-corrected chi connectivity index (χ1v) is 6.96. The Balaban J connectivity index is 4.02. The highest BCUT2D eigenvalue weighted by Crippen LogP contribution is 2.15. The third-order valence-corrected chi connectivity index (χ3v) is 2.82. The van der Waals surface area contributed by atoms with Crippen molar-refractivity contribution < 1.29 is 14.3 Å². The van der Waals surface area contributed by atoms with Gasteiger partial charge in [-0.2, -0.15) is 0 Å². The second kappa shape index (κ2) is 10.9. The number of ether oxygens (including phenoxy) is 2. The predicted octanol–water partition coefficient (Wildman–Crippen LogP) is 1.86. The zero-order valence-corrected chi connectivity index (χ0v) is 12.6. The van der Waals surface area contributed by atoms with Gasteiger partial charge < -0.3 is 20.2 Å². The van der Waals surface area contributed by atoms with Crippen molar-refractivity contribution in [2.75, 3.05) is 33.5 Å². The number of amides is 1. The van der Waals surface area contributed by atoms with Crippen LogP contribution in [-0.2, 0) is 14.3 Å².